The van der Waals surface area contributed by atoms with Crippen LogP contribution in [0.3, 0.4) is 0 Å². The van der Waals surface area contributed by atoms with Gasteiger partial charge in [-0.1, -0.05) is 86.7 Å². The topological polar surface area (TPSA) is 35.5 Å². The van der Waals surface area contributed by atoms with E-state index in [1.165, 1.54) is 0 Å². The molecule has 1 aliphatic rings. The van der Waals surface area contributed by atoms with Crippen LogP contribution in [0.4, 0.5) is 0 Å². The van der Waals surface area contributed by atoms with Gasteiger partial charge < -0.3 is 9.47 Å². The van der Waals surface area contributed by atoms with Crippen molar-refractivity contribution in [3.05, 3.63) is 102 Å². The van der Waals surface area contributed by atoms with Crippen LogP contribution in [0.5, 0.6) is 11.5 Å². The largest absolute Gasteiger partial charge is 0.461 e. The zero-order chi connectivity index (χ0) is 21.0. The van der Waals surface area contributed by atoms with Gasteiger partial charge >= 0.3 is 5.97 Å². The van der Waals surface area contributed by atoms with Crippen LogP contribution in [-0.2, 0) is 16.1 Å². The molecule has 3 heteroatoms. The number of hydrogen-bond donors (Lipinski definition) is 0. The first kappa shape index (κ1) is 20.0. The first-order valence-corrected chi connectivity index (χ1v) is 10.3. The summed E-state index contributed by atoms with van der Waals surface area (Å²) in [6, 6.07) is 27.4. The van der Waals surface area contributed by atoms with Crippen molar-refractivity contribution in [2.75, 3.05) is 0 Å². The maximum absolute atomic E-state index is 12.7. The van der Waals surface area contributed by atoms with Gasteiger partial charge in [-0.3, -0.25) is 4.79 Å². The molecule has 0 amide bonds. The predicted molar refractivity (Wildman–Crippen MR) is 119 cm³/mol. The molecule has 0 heterocycles. The molecule has 3 nitrogen and oxygen atoms in total. The third-order valence-corrected chi connectivity index (χ3v) is 5.72. The van der Waals surface area contributed by atoms with Gasteiger partial charge in [-0.2, -0.15) is 0 Å². The van der Waals surface area contributed by atoms with E-state index in [4.69, 9.17) is 9.47 Å². The minimum Gasteiger partial charge on any atom is -0.461 e. The fourth-order valence-electron chi connectivity index (χ4n) is 3.83. The molecule has 0 aliphatic heterocycles. The molecule has 152 valence electrons. The van der Waals surface area contributed by atoms with Crippen molar-refractivity contribution in [2.45, 2.75) is 20.5 Å². The van der Waals surface area contributed by atoms with Crippen LogP contribution in [-0.4, -0.2) is 5.97 Å². The smallest absolute Gasteiger partial charge is 0.310 e. The average molecular weight is 399 g/mol. The van der Waals surface area contributed by atoms with Crippen LogP contribution < -0.4 is 4.74 Å². The number of para-hydroxylation sites is 1. The quantitative estimate of drug-likeness (QED) is 0.426. The Morgan fingerprint density at radius 3 is 2.30 bits per heavy atom. The Balaban J connectivity index is 1.34. The Kier molecular flexibility index (Phi) is 5.71. The van der Waals surface area contributed by atoms with E-state index in [0.29, 0.717) is 0 Å². The molecule has 0 saturated heterocycles. The van der Waals surface area contributed by atoms with Crippen LogP contribution in [0.25, 0.3) is 6.08 Å². The van der Waals surface area contributed by atoms with E-state index in [1.807, 2.05) is 72.8 Å². The van der Waals surface area contributed by atoms with Gasteiger partial charge in [-0.05, 0) is 46.7 Å². The van der Waals surface area contributed by atoms with Crippen molar-refractivity contribution in [1.82, 2.24) is 0 Å². The van der Waals surface area contributed by atoms with E-state index in [-0.39, 0.29) is 29.8 Å². The average Bonchev–Trinajstić information content (AvgIpc) is 3.32. The molecular weight excluding hydrogens is 372 g/mol. The second-order valence-corrected chi connectivity index (χ2v) is 8.26. The van der Waals surface area contributed by atoms with Crippen molar-refractivity contribution in [3.63, 3.8) is 0 Å². The van der Waals surface area contributed by atoms with E-state index in [2.05, 4.69) is 38.1 Å². The third-order valence-electron chi connectivity index (χ3n) is 5.72. The fourth-order valence-corrected chi connectivity index (χ4v) is 3.83. The van der Waals surface area contributed by atoms with Gasteiger partial charge in [-0.25, -0.2) is 0 Å². The molecule has 4 rings (SSSR count). The highest BCUT2D eigenvalue weighted by atomic mass is 16.5. The predicted octanol–water partition coefficient (Wildman–Crippen LogP) is 6.51. The summed E-state index contributed by atoms with van der Waals surface area (Å²) in [7, 11) is 0. The van der Waals surface area contributed by atoms with E-state index in [9.17, 15) is 4.79 Å². The van der Waals surface area contributed by atoms with E-state index >= 15 is 0 Å². The molecule has 0 aromatic heterocycles. The zero-order valence-electron chi connectivity index (χ0n) is 17.3. The first-order valence-electron chi connectivity index (χ1n) is 10.3. The number of allylic oxidation sites excluding steroid dienone is 1. The summed E-state index contributed by atoms with van der Waals surface area (Å²) >= 11 is 0. The van der Waals surface area contributed by atoms with Crippen molar-refractivity contribution in [3.8, 4) is 11.5 Å². The summed E-state index contributed by atoms with van der Waals surface area (Å²) in [5.41, 5.74) is 1.97. The van der Waals surface area contributed by atoms with Gasteiger partial charge in [0.1, 0.15) is 18.1 Å². The van der Waals surface area contributed by atoms with Crippen LogP contribution in [0, 0.1) is 17.3 Å². The van der Waals surface area contributed by atoms with Crippen LogP contribution in [0.1, 0.15) is 25.0 Å². The summed E-state index contributed by atoms with van der Waals surface area (Å²) in [5, 5.41) is 0. The summed E-state index contributed by atoms with van der Waals surface area (Å²) in [5.74, 6) is 1.45. The molecule has 0 N–H and O–H groups in total. The molecule has 2 atom stereocenters. The van der Waals surface area contributed by atoms with Gasteiger partial charge in [0.05, 0.1) is 5.92 Å². The van der Waals surface area contributed by atoms with Crippen molar-refractivity contribution >= 4 is 12.0 Å². The van der Waals surface area contributed by atoms with Crippen molar-refractivity contribution in [2.24, 2.45) is 17.3 Å². The van der Waals surface area contributed by atoms with Crippen LogP contribution in [0.15, 0.2) is 91.0 Å². The number of carbonyl (C=O) groups excluding carboxylic acids is 1. The lowest BCUT2D eigenvalue weighted by atomic mass is 10.1. The van der Waals surface area contributed by atoms with Gasteiger partial charge in [0.25, 0.3) is 0 Å². The molecule has 3 aromatic rings. The molecule has 1 saturated carbocycles. The van der Waals surface area contributed by atoms with Crippen LogP contribution >= 0.6 is 0 Å². The molecule has 3 aromatic carbocycles. The highest BCUT2D eigenvalue weighted by Gasteiger charge is 2.61. The number of benzene rings is 3. The van der Waals surface area contributed by atoms with E-state index < -0.39 is 0 Å². The van der Waals surface area contributed by atoms with Gasteiger partial charge in [-0.15, -0.1) is 0 Å². The highest BCUT2D eigenvalue weighted by molar-refractivity contribution is 5.78. The minimum absolute atomic E-state index is 0.0827. The molecule has 0 spiro atoms. The number of rotatable bonds is 7. The number of carbonyl (C=O) groups is 1. The Bertz CT molecular complexity index is 1020. The van der Waals surface area contributed by atoms with Gasteiger partial charge in [0.2, 0.25) is 0 Å². The lowest BCUT2D eigenvalue weighted by Gasteiger charge is -2.09. The van der Waals surface area contributed by atoms with E-state index in [1.54, 1.807) is 0 Å². The number of esters is 1. The van der Waals surface area contributed by atoms with Crippen molar-refractivity contribution in [1.29, 1.82) is 0 Å². The first-order chi connectivity index (χ1) is 14.5. The lowest BCUT2D eigenvalue weighted by Crippen LogP contribution is -2.10. The normalized spacial score (nSPS) is 19.4. The third kappa shape index (κ3) is 4.62. The maximum Gasteiger partial charge on any atom is 0.310 e. The summed E-state index contributed by atoms with van der Waals surface area (Å²) in [6.07, 6.45) is 4.22. The molecular formula is C27H26O3. The molecule has 0 bridgehead atoms. The molecule has 1 aliphatic carbocycles. The number of ether oxygens (including phenoxy) is 2. The minimum atomic E-state index is -0.142. The van der Waals surface area contributed by atoms with Gasteiger partial charge in [0, 0.05) is 0 Å². The molecule has 2 unspecified atom stereocenters. The van der Waals surface area contributed by atoms with Gasteiger partial charge in [0.15, 0.2) is 0 Å². The Labute approximate surface area is 178 Å². The Hall–Kier alpha value is -3.33. The van der Waals surface area contributed by atoms with E-state index in [0.717, 1.165) is 22.6 Å². The zero-order valence-corrected chi connectivity index (χ0v) is 17.3. The fraction of sp³-hybridized carbons (Fsp3) is 0.222. The summed E-state index contributed by atoms with van der Waals surface area (Å²) < 4.78 is 11.5. The summed E-state index contributed by atoms with van der Waals surface area (Å²) in [4.78, 5) is 12.7. The highest BCUT2D eigenvalue weighted by Crippen LogP contribution is 2.59. The SMILES string of the molecule is CC1(C)C(C=Cc2ccccc2)C1C(=O)OCc1cccc(Oc2ccccc2)c1. The molecule has 1 fully saturated rings. The summed E-state index contributed by atoms with van der Waals surface area (Å²) in [6.45, 7) is 4.48. The lowest BCUT2D eigenvalue weighted by molar-refractivity contribution is -0.147. The Morgan fingerprint density at radius 1 is 0.900 bits per heavy atom. The van der Waals surface area contributed by atoms with Crippen LogP contribution in [0.2, 0.25) is 0 Å². The standard InChI is InChI=1S/C27H26O3/c1-27(2)24(17-16-20-10-5-3-6-11-20)25(27)26(28)29-19-21-12-9-15-23(18-21)30-22-13-7-4-8-14-22/h3-18,24-25H,19H2,1-2H3. The van der Waals surface area contributed by atoms with Crippen molar-refractivity contribution < 1.29 is 14.3 Å². The molecule has 30 heavy (non-hydrogen) atoms. The Morgan fingerprint density at radius 2 is 1.57 bits per heavy atom. The molecule has 0 radical (unpaired) electrons. The second-order valence-electron chi connectivity index (χ2n) is 8.26. The monoisotopic (exact) mass is 398 g/mol. The second kappa shape index (κ2) is 8.58. The number of hydrogen-bond acceptors (Lipinski definition) is 3. The maximum atomic E-state index is 12.7.